The highest BCUT2D eigenvalue weighted by molar-refractivity contribution is 5.95. The number of anilines is 1. The highest BCUT2D eigenvalue weighted by atomic mass is 35.5. The van der Waals surface area contributed by atoms with E-state index in [1.54, 1.807) is 17.9 Å². The standard InChI is InChI=1S/C20H29N5O.2ClH/c1-15-8-10-25(11-9-15)13-16-4-6-18(7-5-16)23-20(26)19(21-2)17-12-22-24(3)14-17;;/h4-7,12,14-15,19,21H,8-11,13H2,1-3H3,(H,23,26);2*1H. The molecule has 28 heavy (non-hydrogen) atoms. The molecule has 1 aliphatic rings. The zero-order chi connectivity index (χ0) is 18.5. The molecule has 2 aromatic rings. The van der Waals surface area contributed by atoms with Gasteiger partial charge in [-0.25, -0.2) is 0 Å². The summed E-state index contributed by atoms with van der Waals surface area (Å²) in [6.07, 6.45) is 6.13. The quantitative estimate of drug-likeness (QED) is 0.741. The van der Waals surface area contributed by atoms with Crippen LogP contribution in [0.4, 0.5) is 5.69 Å². The van der Waals surface area contributed by atoms with Crippen molar-refractivity contribution in [3.63, 3.8) is 0 Å². The second-order valence-electron chi connectivity index (χ2n) is 7.31. The number of carbonyl (C=O) groups excluding carboxylic acids is 1. The van der Waals surface area contributed by atoms with Crippen LogP contribution in [0.2, 0.25) is 0 Å². The number of nitrogens with zero attached hydrogens (tertiary/aromatic N) is 3. The van der Waals surface area contributed by atoms with Gasteiger partial charge in [0, 0.05) is 31.0 Å². The molecule has 1 aromatic heterocycles. The summed E-state index contributed by atoms with van der Waals surface area (Å²) < 4.78 is 1.70. The van der Waals surface area contributed by atoms with E-state index in [-0.39, 0.29) is 30.7 Å². The summed E-state index contributed by atoms with van der Waals surface area (Å²) in [4.78, 5) is 15.1. The Morgan fingerprint density at radius 3 is 2.39 bits per heavy atom. The first-order chi connectivity index (χ1) is 12.5. The Labute approximate surface area is 179 Å². The SMILES string of the molecule is CNC(C(=O)Nc1ccc(CN2CCC(C)CC2)cc1)c1cnn(C)c1.Cl.Cl. The highest BCUT2D eigenvalue weighted by Crippen LogP contribution is 2.20. The zero-order valence-corrected chi connectivity index (χ0v) is 18.4. The van der Waals surface area contributed by atoms with Gasteiger partial charge in [0.2, 0.25) is 5.91 Å². The number of carbonyl (C=O) groups is 1. The lowest BCUT2D eigenvalue weighted by atomic mass is 9.99. The fraction of sp³-hybridized carbons (Fsp3) is 0.500. The van der Waals surface area contributed by atoms with Gasteiger partial charge in [0.15, 0.2) is 0 Å². The predicted molar refractivity (Wildman–Crippen MR) is 118 cm³/mol. The number of aryl methyl sites for hydroxylation is 1. The van der Waals surface area contributed by atoms with Gasteiger partial charge in [-0.2, -0.15) is 5.10 Å². The van der Waals surface area contributed by atoms with Crippen molar-refractivity contribution in [1.82, 2.24) is 20.0 Å². The summed E-state index contributed by atoms with van der Waals surface area (Å²) in [5.41, 5.74) is 2.95. The molecule has 1 unspecified atom stereocenters. The normalized spacial score (nSPS) is 16.0. The van der Waals surface area contributed by atoms with E-state index < -0.39 is 6.04 Å². The maximum absolute atomic E-state index is 12.6. The molecule has 1 aliphatic heterocycles. The van der Waals surface area contributed by atoms with E-state index in [2.05, 4.69) is 39.7 Å². The third-order valence-corrected chi connectivity index (χ3v) is 5.11. The number of hydrogen-bond acceptors (Lipinski definition) is 4. The van der Waals surface area contributed by atoms with Gasteiger partial charge >= 0.3 is 0 Å². The molecule has 1 saturated heterocycles. The first kappa shape index (κ1) is 24.4. The molecule has 0 spiro atoms. The predicted octanol–water partition coefficient (Wildman–Crippen LogP) is 3.39. The summed E-state index contributed by atoms with van der Waals surface area (Å²) in [7, 11) is 3.62. The molecule has 156 valence electrons. The Balaban J connectivity index is 0.00000196. The first-order valence-electron chi connectivity index (χ1n) is 9.33. The Kier molecular flexibility index (Phi) is 9.96. The van der Waals surface area contributed by atoms with Crippen molar-refractivity contribution in [2.75, 3.05) is 25.5 Å². The van der Waals surface area contributed by atoms with Gasteiger partial charge < -0.3 is 10.6 Å². The smallest absolute Gasteiger partial charge is 0.246 e. The van der Waals surface area contributed by atoms with E-state index in [0.29, 0.717) is 0 Å². The lowest BCUT2D eigenvalue weighted by molar-refractivity contribution is -0.118. The van der Waals surface area contributed by atoms with Crippen LogP contribution in [-0.4, -0.2) is 40.7 Å². The topological polar surface area (TPSA) is 62.2 Å². The van der Waals surface area contributed by atoms with Crippen LogP contribution in [0.5, 0.6) is 0 Å². The average molecular weight is 428 g/mol. The van der Waals surface area contributed by atoms with Gasteiger partial charge in [-0.1, -0.05) is 19.1 Å². The summed E-state index contributed by atoms with van der Waals surface area (Å²) in [6.45, 7) is 5.66. The van der Waals surface area contributed by atoms with Crippen molar-refractivity contribution in [2.24, 2.45) is 13.0 Å². The van der Waals surface area contributed by atoms with Crippen LogP contribution in [0.1, 0.15) is 36.9 Å². The van der Waals surface area contributed by atoms with Crippen molar-refractivity contribution in [3.8, 4) is 0 Å². The number of hydrogen-bond donors (Lipinski definition) is 2. The molecule has 0 bridgehead atoms. The Bertz CT molecular complexity index is 726. The van der Waals surface area contributed by atoms with E-state index in [1.165, 1.54) is 31.5 Å². The first-order valence-corrected chi connectivity index (χ1v) is 9.33. The number of likely N-dealkylation sites (N-methyl/N-ethyl adjacent to an activating group) is 1. The minimum absolute atomic E-state index is 0. The second kappa shape index (κ2) is 11.4. The molecule has 6 nitrogen and oxygen atoms in total. The number of nitrogens with one attached hydrogen (secondary N) is 2. The average Bonchev–Trinajstić information content (AvgIpc) is 3.05. The van der Waals surface area contributed by atoms with Crippen LogP contribution in [0.15, 0.2) is 36.7 Å². The fourth-order valence-corrected chi connectivity index (χ4v) is 3.42. The van der Waals surface area contributed by atoms with Crippen molar-refractivity contribution < 1.29 is 4.79 Å². The van der Waals surface area contributed by atoms with Gasteiger partial charge in [-0.15, -0.1) is 24.8 Å². The molecule has 1 amide bonds. The van der Waals surface area contributed by atoms with Crippen LogP contribution in [0.25, 0.3) is 0 Å². The van der Waals surface area contributed by atoms with Gasteiger partial charge in [-0.05, 0) is 56.6 Å². The molecule has 1 fully saturated rings. The maximum atomic E-state index is 12.6. The number of benzene rings is 1. The molecule has 2 heterocycles. The number of amides is 1. The van der Waals surface area contributed by atoms with Crippen molar-refractivity contribution >= 4 is 36.4 Å². The molecular weight excluding hydrogens is 397 g/mol. The largest absolute Gasteiger partial charge is 0.324 e. The molecule has 2 N–H and O–H groups in total. The number of likely N-dealkylation sites (tertiary alicyclic amines) is 1. The molecule has 1 atom stereocenters. The number of aromatic nitrogens is 2. The van der Waals surface area contributed by atoms with E-state index in [1.807, 2.05) is 25.4 Å². The second-order valence-corrected chi connectivity index (χ2v) is 7.31. The molecule has 1 aromatic carbocycles. The van der Waals surface area contributed by atoms with E-state index in [9.17, 15) is 4.79 Å². The van der Waals surface area contributed by atoms with Crippen LogP contribution >= 0.6 is 24.8 Å². The van der Waals surface area contributed by atoms with Gasteiger partial charge in [-0.3, -0.25) is 14.4 Å². The summed E-state index contributed by atoms with van der Waals surface area (Å²) in [5, 5.41) is 10.2. The van der Waals surface area contributed by atoms with Gasteiger partial charge in [0.05, 0.1) is 6.20 Å². The third-order valence-electron chi connectivity index (χ3n) is 5.11. The third kappa shape index (κ3) is 6.48. The van der Waals surface area contributed by atoms with Crippen molar-refractivity contribution in [3.05, 3.63) is 47.8 Å². The minimum atomic E-state index is -0.418. The van der Waals surface area contributed by atoms with Crippen molar-refractivity contribution in [1.29, 1.82) is 0 Å². The molecule has 0 radical (unpaired) electrons. The van der Waals surface area contributed by atoms with E-state index in [4.69, 9.17) is 0 Å². The van der Waals surface area contributed by atoms with E-state index in [0.717, 1.165) is 23.7 Å². The molecule has 0 aliphatic carbocycles. The minimum Gasteiger partial charge on any atom is -0.324 e. The number of rotatable bonds is 6. The summed E-state index contributed by atoms with van der Waals surface area (Å²) >= 11 is 0. The lowest BCUT2D eigenvalue weighted by Gasteiger charge is -2.30. The van der Waals surface area contributed by atoms with Crippen LogP contribution in [0, 0.1) is 5.92 Å². The molecular formula is C20H31Cl2N5O. The van der Waals surface area contributed by atoms with Crippen molar-refractivity contribution in [2.45, 2.75) is 32.4 Å². The molecule has 0 saturated carbocycles. The van der Waals surface area contributed by atoms with E-state index >= 15 is 0 Å². The maximum Gasteiger partial charge on any atom is 0.246 e. The number of piperidine rings is 1. The molecule has 8 heteroatoms. The lowest BCUT2D eigenvalue weighted by Crippen LogP contribution is -2.32. The monoisotopic (exact) mass is 427 g/mol. The highest BCUT2D eigenvalue weighted by Gasteiger charge is 2.20. The van der Waals surface area contributed by atoms with Gasteiger partial charge in [0.1, 0.15) is 6.04 Å². The van der Waals surface area contributed by atoms with Gasteiger partial charge in [0.25, 0.3) is 0 Å². The van der Waals surface area contributed by atoms with Crippen LogP contribution < -0.4 is 10.6 Å². The molecule has 3 rings (SSSR count). The van der Waals surface area contributed by atoms with Crippen LogP contribution in [0.3, 0.4) is 0 Å². The fourth-order valence-electron chi connectivity index (χ4n) is 3.42. The van der Waals surface area contributed by atoms with Crippen LogP contribution in [-0.2, 0) is 18.4 Å². The summed E-state index contributed by atoms with van der Waals surface area (Å²) in [6, 6.07) is 7.75. The Morgan fingerprint density at radius 1 is 1.21 bits per heavy atom. The Morgan fingerprint density at radius 2 is 1.86 bits per heavy atom. The number of halogens is 2. The Hall–Kier alpha value is -1.60. The zero-order valence-electron chi connectivity index (χ0n) is 16.7. The summed E-state index contributed by atoms with van der Waals surface area (Å²) in [5.74, 6) is 0.766.